The van der Waals surface area contributed by atoms with E-state index in [1.807, 2.05) is 37.3 Å². The lowest BCUT2D eigenvalue weighted by molar-refractivity contribution is -0.307. The van der Waals surface area contributed by atoms with Crippen LogP contribution in [0.4, 0.5) is 0 Å². The summed E-state index contributed by atoms with van der Waals surface area (Å²) in [5.41, 5.74) is 1.89. The highest BCUT2D eigenvalue weighted by Crippen LogP contribution is 2.23. The van der Waals surface area contributed by atoms with Crippen LogP contribution in [0.25, 0.3) is 11.0 Å². The smallest absolute Gasteiger partial charge is 0.336 e. The maximum Gasteiger partial charge on any atom is 0.336 e. The lowest BCUT2D eigenvalue weighted by atomic mass is 10.1. The van der Waals surface area contributed by atoms with E-state index in [1.165, 1.54) is 17.8 Å². The van der Waals surface area contributed by atoms with Gasteiger partial charge in [-0.05, 0) is 29.7 Å². The van der Waals surface area contributed by atoms with E-state index in [0.717, 1.165) is 29.4 Å². The first-order chi connectivity index (χ1) is 15.5. The van der Waals surface area contributed by atoms with Crippen molar-refractivity contribution in [3.63, 3.8) is 0 Å². The van der Waals surface area contributed by atoms with Crippen molar-refractivity contribution in [1.82, 2.24) is 5.32 Å². The van der Waals surface area contributed by atoms with Gasteiger partial charge in [-0.25, -0.2) is 4.79 Å². The highest BCUT2D eigenvalue weighted by atomic mass is 32.2. The van der Waals surface area contributed by atoms with Gasteiger partial charge >= 0.3 is 5.63 Å². The Morgan fingerprint density at radius 2 is 1.94 bits per heavy atom. The van der Waals surface area contributed by atoms with Crippen LogP contribution in [0.1, 0.15) is 24.5 Å². The summed E-state index contributed by atoms with van der Waals surface area (Å²) in [5.74, 6) is -0.799. The zero-order valence-electron chi connectivity index (χ0n) is 17.7. The van der Waals surface area contributed by atoms with Gasteiger partial charge in [0.2, 0.25) is 0 Å². The van der Waals surface area contributed by atoms with Gasteiger partial charge in [-0.1, -0.05) is 43.7 Å². The average Bonchev–Trinajstić information content (AvgIpc) is 2.77. The molecule has 0 saturated heterocycles. The average molecular weight is 455 g/mol. The fourth-order valence-electron chi connectivity index (χ4n) is 3.20. The van der Waals surface area contributed by atoms with Gasteiger partial charge in [0.05, 0.1) is 12.0 Å². The van der Waals surface area contributed by atoms with Crippen LogP contribution < -0.4 is 20.8 Å². The summed E-state index contributed by atoms with van der Waals surface area (Å²) < 4.78 is 10.7. The predicted octanol–water partition coefficient (Wildman–Crippen LogP) is 2.29. The minimum atomic E-state index is -1.35. The zero-order chi connectivity index (χ0) is 22.9. The van der Waals surface area contributed by atoms with Crippen molar-refractivity contribution in [3.05, 3.63) is 76.1 Å². The van der Waals surface area contributed by atoms with E-state index in [1.54, 1.807) is 18.2 Å². The molecule has 1 N–H and O–H groups in total. The van der Waals surface area contributed by atoms with E-state index in [4.69, 9.17) is 9.15 Å². The molecular weight excluding hydrogens is 430 g/mol. The van der Waals surface area contributed by atoms with Crippen molar-refractivity contribution in [2.75, 3.05) is 12.4 Å². The van der Waals surface area contributed by atoms with Gasteiger partial charge in [0.15, 0.2) is 6.61 Å². The van der Waals surface area contributed by atoms with E-state index < -0.39 is 23.5 Å². The van der Waals surface area contributed by atoms with Crippen LogP contribution in [0.3, 0.4) is 0 Å². The summed E-state index contributed by atoms with van der Waals surface area (Å²) in [6.45, 7) is 1.65. The highest BCUT2D eigenvalue weighted by Gasteiger charge is 2.15. The van der Waals surface area contributed by atoms with E-state index in [9.17, 15) is 19.5 Å². The second-order valence-corrected chi connectivity index (χ2v) is 8.26. The summed E-state index contributed by atoms with van der Waals surface area (Å²) in [5, 5.41) is 14.6. The van der Waals surface area contributed by atoms with Gasteiger partial charge in [0.25, 0.3) is 5.91 Å². The van der Waals surface area contributed by atoms with Crippen molar-refractivity contribution < 1.29 is 23.8 Å². The number of hydrogen-bond acceptors (Lipinski definition) is 7. The van der Waals surface area contributed by atoms with E-state index in [2.05, 4.69) is 5.32 Å². The summed E-state index contributed by atoms with van der Waals surface area (Å²) in [6, 6.07) is 15.0. The Balaban J connectivity index is 1.55. The van der Waals surface area contributed by atoms with Gasteiger partial charge in [-0.3, -0.25) is 4.79 Å². The Bertz CT molecular complexity index is 1130. The third kappa shape index (κ3) is 6.62. The van der Waals surface area contributed by atoms with E-state index >= 15 is 0 Å². The zero-order valence-corrected chi connectivity index (χ0v) is 18.5. The number of amides is 1. The number of hydrogen-bond donors (Lipinski definition) is 1. The topological polar surface area (TPSA) is 109 Å². The molecule has 0 spiro atoms. The number of carbonyl (C=O) groups excluding carboxylic acids is 2. The molecule has 0 unspecified atom stereocenters. The van der Waals surface area contributed by atoms with E-state index in [-0.39, 0.29) is 12.4 Å². The van der Waals surface area contributed by atoms with Gasteiger partial charge in [0.1, 0.15) is 11.3 Å². The quantitative estimate of drug-likeness (QED) is 0.443. The molecule has 168 valence electrons. The van der Waals surface area contributed by atoms with Gasteiger partial charge in [-0.2, -0.15) is 11.8 Å². The molecule has 1 aromatic heterocycles. The van der Waals surface area contributed by atoms with Gasteiger partial charge in [0, 0.05) is 29.0 Å². The lowest BCUT2D eigenvalue weighted by Crippen LogP contribution is -2.50. The number of carbonyl (C=O) groups is 2. The van der Waals surface area contributed by atoms with Crippen LogP contribution in [-0.4, -0.2) is 30.3 Å². The molecule has 3 rings (SSSR count). The van der Waals surface area contributed by atoms with Crippen LogP contribution in [0, 0.1) is 0 Å². The fraction of sp³-hybridized carbons (Fsp3) is 0.292. The Kier molecular flexibility index (Phi) is 8.33. The number of ether oxygens (including phenoxy) is 1. The largest absolute Gasteiger partial charge is 0.548 e. The third-order valence-electron chi connectivity index (χ3n) is 4.71. The van der Waals surface area contributed by atoms with Crippen molar-refractivity contribution in [2.24, 2.45) is 0 Å². The Morgan fingerprint density at radius 1 is 1.16 bits per heavy atom. The number of aliphatic carboxylic acids is 1. The van der Waals surface area contributed by atoms with Crippen LogP contribution >= 0.6 is 11.8 Å². The summed E-state index contributed by atoms with van der Waals surface area (Å²) >= 11 is 1.39. The molecule has 0 aliphatic rings. The number of aryl methyl sites for hydroxylation is 1. The molecule has 0 fully saturated rings. The molecule has 32 heavy (non-hydrogen) atoms. The fourth-order valence-corrected chi connectivity index (χ4v) is 4.20. The normalized spacial score (nSPS) is 11.8. The number of carboxylic acid groups (broad SMARTS) is 1. The Morgan fingerprint density at radius 3 is 2.66 bits per heavy atom. The molecule has 1 heterocycles. The SMILES string of the molecule is CCCc1cc(=O)oc2cc(OCC(=O)N[C@@H](CSCc3ccccc3)C(=O)[O-])ccc12. The van der Waals surface area contributed by atoms with Crippen LogP contribution in [0.15, 0.2) is 63.8 Å². The first-order valence-electron chi connectivity index (χ1n) is 10.3. The maximum absolute atomic E-state index is 12.2. The monoisotopic (exact) mass is 454 g/mol. The Hall–Kier alpha value is -3.26. The van der Waals surface area contributed by atoms with Crippen LogP contribution in [0.2, 0.25) is 0 Å². The number of benzene rings is 2. The van der Waals surface area contributed by atoms with Gasteiger partial charge < -0.3 is 24.4 Å². The van der Waals surface area contributed by atoms with Crippen LogP contribution in [-0.2, 0) is 21.8 Å². The van der Waals surface area contributed by atoms with Crippen molar-refractivity contribution >= 4 is 34.6 Å². The minimum absolute atomic E-state index is 0.171. The van der Waals surface area contributed by atoms with E-state index in [0.29, 0.717) is 17.1 Å². The molecule has 7 nitrogen and oxygen atoms in total. The highest BCUT2D eigenvalue weighted by molar-refractivity contribution is 7.98. The molecule has 1 amide bonds. The molecule has 0 radical (unpaired) electrons. The molecule has 3 aromatic rings. The number of thioether (sulfide) groups is 1. The summed E-state index contributed by atoms with van der Waals surface area (Å²) in [6.07, 6.45) is 1.64. The molecule has 2 aromatic carbocycles. The lowest BCUT2D eigenvalue weighted by Gasteiger charge is -2.19. The first-order valence-corrected chi connectivity index (χ1v) is 11.4. The summed E-state index contributed by atoms with van der Waals surface area (Å²) in [7, 11) is 0. The molecule has 0 saturated carbocycles. The number of nitrogens with one attached hydrogen (secondary N) is 1. The second kappa shape index (κ2) is 11.4. The molecule has 1 atom stereocenters. The van der Waals surface area contributed by atoms with Gasteiger partial charge in [-0.15, -0.1) is 0 Å². The molecule has 0 aliphatic heterocycles. The Labute approximate surface area is 189 Å². The molecular formula is C24H24NO6S-. The number of fused-ring (bicyclic) bond motifs is 1. The minimum Gasteiger partial charge on any atom is -0.548 e. The van der Waals surface area contributed by atoms with Crippen molar-refractivity contribution in [3.8, 4) is 5.75 Å². The summed E-state index contributed by atoms with van der Waals surface area (Å²) in [4.78, 5) is 35.4. The van der Waals surface area contributed by atoms with Crippen LogP contribution in [0.5, 0.6) is 5.75 Å². The standard InChI is InChI=1S/C24H25NO6S/c1-2-6-17-11-23(27)31-21-12-18(9-10-19(17)21)30-13-22(26)25-20(24(28)29)15-32-14-16-7-4-3-5-8-16/h3-5,7-12,20H,2,6,13-15H2,1H3,(H,25,26)(H,28,29)/p-1/t20-/m0/s1. The number of rotatable bonds is 11. The first kappa shape index (κ1) is 23.4. The van der Waals surface area contributed by atoms with Crippen molar-refractivity contribution in [2.45, 2.75) is 31.6 Å². The molecule has 0 bridgehead atoms. The molecule has 8 heteroatoms. The second-order valence-electron chi connectivity index (χ2n) is 7.23. The number of carboxylic acids is 1. The third-order valence-corrected chi connectivity index (χ3v) is 5.81. The molecule has 0 aliphatic carbocycles. The maximum atomic E-state index is 12.2. The van der Waals surface area contributed by atoms with Crippen molar-refractivity contribution in [1.29, 1.82) is 0 Å². The predicted molar refractivity (Wildman–Crippen MR) is 122 cm³/mol.